The maximum Gasteiger partial charge on any atom is 0.139 e. The van der Waals surface area contributed by atoms with Gasteiger partial charge in [0.05, 0.1) is 0 Å². The summed E-state index contributed by atoms with van der Waals surface area (Å²) in [6.45, 7) is 0. The molecule has 0 N–H and O–H groups in total. The van der Waals surface area contributed by atoms with E-state index in [1.54, 1.807) is 0 Å². The van der Waals surface area contributed by atoms with Crippen LogP contribution in [0.2, 0.25) is 0 Å². The molecule has 78 valence electrons. The van der Waals surface area contributed by atoms with Gasteiger partial charge in [0.25, 0.3) is 0 Å². The molecule has 0 aromatic carbocycles. The van der Waals surface area contributed by atoms with Gasteiger partial charge in [-0.3, -0.25) is 0 Å². The molecule has 0 radical (unpaired) electrons. The van der Waals surface area contributed by atoms with Crippen LogP contribution >= 0.6 is 31.9 Å². The molecule has 2 nitrogen and oxygen atoms in total. The van der Waals surface area contributed by atoms with E-state index in [1.807, 2.05) is 0 Å². The molecule has 14 heavy (non-hydrogen) atoms. The van der Waals surface area contributed by atoms with Gasteiger partial charge in [-0.15, -0.1) is 0 Å². The number of nitrogens with zero attached hydrogens (tertiary/aromatic N) is 2. The summed E-state index contributed by atoms with van der Waals surface area (Å²) in [5.74, 6) is 1.89. The molecule has 0 saturated heterocycles. The van der Waals surface area contributed by atoms with Gasteiger partial charge >= 0.3 is 0 Å². The molecule has 0 amide bonds. The monoisotopic (exact) mass is 320 g/mol. The van der Waals surface area contributed by atoms with Gasteiger partial charge in [-0.25, -0.2) is 4.98 Å². The van der Waals surface area contributed by atoms with Crippen LogP contribution in [0.5, 0.6) is 0 Å². The molecule has 1 aromatic rings. The van der Waals surface area contributed by atoms with Crippen molar-refractivity contribution in [2.24, 2.45) is 7.05 Å². The highest BCUT2D eigenvalue weighted by molar-refractivity contribution is 9.13. The number of hydrogen-bond acceptors (Lipinski definition) is 1. The molecule has 1 aliphatic rings. The van der Waals surface area contributed by atoms with Crippen LogP contribution in [-0.4, -0.2) is 9.55 Å². The Bertz CT molecular complexity index is 327. The third kappa shape index (κ3) is 1.91. The van der Waals surface area contributed by atoms with Crippen molar-refractivity contribution in [1.82, 2.24) is 9.55 Å². The lowest BCUT2D eigenvalue weighted by Gasteiger charge is -2.20. The first-order chi connectivity index (χ1) is 6.70. The fraction of sp³-hybridized carbons (Fsp3) is 0.700. The molecule has 1 aromatic heterocycles. The van der Waals surface area contributed by atoms with Crippen molar-refractivity contribution in [1.29, 1.82) is 0 Å². The van der Waals surface area contributed by atoms with Gasteiger partial charge in [0.15, 0.2) is 0 Å². The average Bonchev–Trinajstić information content (AvgIpc) is 2.47. The highest BCUT2D eigenvalue weighted by Crippen LogP contribution is 2.34. The first-order valence-electron chi connectivity index (χ1n) is 5.07. The highest BCUT2D eigenvalue weighted by Gasteiger charge is 2.21. The maximum atomic E-state index is 4.57. The zero-order chi connectivity index (χ0) is 10.1. The normalized spacial score (nSPS) is 18.8. The molecule has 0 atom stereocenters. The van der Waals surface area contributed by atoms with E-state index < -0.39 is 0 Å². The standard InChI is InChI=1S/C10H14Br2N2/c1-14-9(12)8(11)13-10(14)7-5-3-2-4-6-7/h7H,2-6H2,1H3. The van der Waals surface area contributed by atoms with Gasteiger partial charge in [0.2, 0.25) is 0 Å². The average molecular weight is 322 g/mol. The molecule has 1 saturated carbocycles. The zero-order valence-electron chi connectivity index (χ0n) is 8.26. The minimum absolute atomic E-state index is 0.663. The molecule has 1 heterocycles. The lowest BCUT2D eigenvalue weighted by molar-refractivity contribution is 0.421. The molecule has 0 aliphatic heterocycles. The van der Waals surface area contributed by atoms with Crippen molar-refractivity contribution < 1.29 is 0 Å². The molecule has 1 fully saturated rings. The molecule has 0 spiro atoms. The summed E-state index contributed by atoms with van der Waals surface area (Å²) in [5, 5.41) is 0. The largest absolute Gasteiger partial charge is 0.325 e. The van der Waals surface area contributed by atoms with E-state index in [-0.39, 0.29) is 0 Å². The second-order valence-electron chi connectivity index (χ2n) is 3.95. The Kier molecular flexibility index (Phi) is 3.32. The summed E-state index contributed by atoms with van der Waals surface area (Å²) >= 11 is 6.97. The Morgan fingerprint density at radius 2 is 1.86 bits per heavy atom. The van der Waals surface area contributed by atoms with E-state index in [9.17, 15) is 0 Å². The summed E-state index contributed by atoms with van der Waals surface area (Å²) in [6.07, 6.45) is 6.69. The Hall–Kier alpha value is 0.170. The van der Waals surface area contributed by atoms with E-state index in [0.29, 0.717) is 5.92 Å². The van der Waals surface area contributed by atoms with Crippen molar-refractivity contribution >= 4 is 31.9 Å². The van der Waals surface area contributed by atoms with Crippen LogP contribution in [0, 0.1) is 0 Å². The van der Waals surface area contributed by atoms with Crippen LogP contribution in [0.4, 0.5) is 0 Å². The van der Waals surface area contributed by atoms with Crippen molar-refractivity contribution in [3.63, 3.8) is 0 Å². The van der Waals surface area contributed by atoms with E-state index in [4.69, 9.17) is 0 Å². The van der Waals surface area contributed by atoms with Crippen LogP contribution in [-0.2, 0) is 7.05 Å². The number of halogens is 2. The summed E-state index contributed by atoms with van der Waals surface area (Å²) < 4.78 is 4.14. The highest BCUT2D eigenvalue weighted by atomic mass is 79.9. The van der Waals surface area contributed by atoms with Crippen molar-refractivity contribution in [2.45, 2.75) is 38.0 Å². The van der Waals surface area contributed by atoms with Gasteiger partial charge in [-0.2, -0.15) is 0 Å². The molecule has 1 aliphatic carbocycles. The molecule has 0 bridgehead atoms. The number of rotatable bonds is 1. The topological polar surface area (TPSA) is 17.8 Å². The van der Waals surface area contributed by atoms with Crippen LogP contribution in [0.1, 0.15) is 43.8 Å². The summed E-state index contributed by atoms with van der Waals surface area (Å²) in [5.41, 5.74) is 0. The smallest absolute Gasteiger partial charge is 0.139 e. The third-order valence-electron chi connectivity index (χ3n) is 2.99. The Morgan fingerprint density at radius 1 is 1.21 bits per heavy atom. The minimum Gasteiger partial charge on any atom is -0.325 e. The first-order valence-corrected chi connectivity index (χ1v) is 6.66. The molecular formula is C10H14Br2N2. The Morgan fingerprint density at radius 3 is 2.36 bits per heavy atom. The lowest BCUT2D eigenvalue weighted by atomic mass is 9.89. The van der Waals surface area contributed by atoms with E-state index >= 15 is 0 Å². The molecule has 4 heteroatoms. The fourth-order valence-electron chi connectivity index (χ4n) is 2.19. The van der Waals surface area contributed by atoms with Crippen LogP contribution in [0.25, 0.3) is 0 Å². The molecular weight excluding hydrogens is 308 g/mol. The summed E-state index contributed by atoms with van der Waals surface area (Å²) in [6, 6.07) is 0. The fourth-order valence-corrected chi connectivity index (χ4v) is 2.90. The van der Waals surface area contributed by atoms with Crippen LogP contribution in [0.15, 0.2) is 9.21 Å². The predicted molar refractivity (Wildman–Crippen MR) is 64.4 cm³/mol. The van der Waals surface area contributed by atoms with Gasteiger partial charge in [0, 0.05) is 13.0 Å². The van der Waals surface area contributed by atoms with Gasteiger partial charge in [0.1, 0.15) is 15.0 Å². The Balaban J connectivity index is 2.26. The van der Waals surface area contributed by atoms with Crippen LogP contribution < -0.4 is 0 Å². The maximum absolute atomic E-state index is 4.57. The second-order valence-corrected chi connectivity index (χ2v) is 5.45. The predicted octanol–water partition coefficient (Wildman–Crippen LogP) is 3.99. The van der Waals surface area contributed by atoms with Crippen molar-refractivity contribution in [3.8, 4) is 0 Å². The summed E-state index contributed by atoms with van der Waals surface area (Å²) in [7, 11) is 2.08. The number of imidazole rings is 1. The first kappa shape index (κ1) is 10.7. The van der Waals surface area contributed by atoms with Crippen molar-refractivity contribution in [2.75, 3.05) is 0 Å². The zero-order valence-corrected chi connectivity index (χ0v) is 11.4. The SMILES string of the molecule is Cn1c(C2CCCCC2)nc(Br)c1Br. The lowest BCUT2D eigenvalue weighted by Crippen LogP contribution is -2.10. The number of aromatic nitrogens is 2. The van der Waals surface area contributed by atoms with Crippen molar-refractivity contribution in [3.05, 3.63) is 15.0 Å². The van der Waals surface area contributed by atoms with Crippen LogP contribution in [0.3, 0.4) is 0 Å². The third-order valence-corrected chi connectivity index (χ3v) is 4.98. The molecule has 0 unspecified atom stereocenters. The second kappa shape index (κ2) is 4.35. The van der Waals surface area contributed by atoms with E-state index in [2.05, 4.69) is 48.5 Å². The van der Waals surface area contributed by atoms with Gasteiger partial charge < -0.3 is 4.57 Å². The van der Waals surface area contributed by atoms with E-state index in [1.165, 1.54) is 37.9 Å². The van der Waals surface area contributed by atoms with Gasteiger partial charge in [-0.05, 0) is 44.7 Å². The minimum atomic E-state index is 0.663. The quantitative estimate of drug-likeness (QED) is 0.764. The summed E-state index contributed by atoms with van der Waals surface area (Å²) in [4.78, 5) is 4.57. The van der Waals surface area contributed by atoms with E-state index in [0.717, 1.165) is 9.21 Å². The number of hydrogen-bond donors (Lipinski definition) is 0. The van der Waals surface area contributed by atoms with Gasteiger partial charge in [-0.1, -0.05) is 19.3 Å². The Labute approximate surface area is 101 Å². The molecule has 2 rings (SSSR count).